The minimum atomic E-state index is -4.32. The molecule has 4 rings (SSSR count). The summed E-state index contributed by atoms with van der Waals surface area (Å²) < 4.78 is 39.4. The summed E-state index contributed by atoms with van der Waals surface area (Å²) in [6, 6.07) is 12.0. The lowest BCUT2D eigenvalue weighted by Crippen LogP contribution is -2.44. The Bertz CT molecular complexity index is 803. The fraction of sp³-hybridized carbons (Fsp3) is 0.400. The van der Waals surface area contributed by atoms with Crippen molar-refractivity contribution in [3.63, 3.8) is 0 Å². The molecule has 2 aromatic rings. The Morgan fingerprint density at radius 2 is 1.67 bits per heavy atom. The van der Waals surface area contributed by atoms with Crippen LogP contribution in [0.5, 0.6) is 0 Å². The van der Waals surface area contributed by atoms with E-state index in [9.17, 15) is 13.2 Å². The number of para-hydroxylation sites is 1. The SMILES string of the molecule is FC(F)(F)c1ccc2c(c1)Sc1ccccc1N2CCCN1CCNCC1. The predicted octanol–water partition coefficient (Wildman–Crippen LogP) is 4.60. The van der Waals surface area contributed by atoms with Crippen molar-refractivity contribution in [1.29, 1.82) is 0 Å². The lowest BCUT2D eigenvalue weighted by atomic mass is 10.1. The van der Waals surface area contributed by atoms with E-state index >= 15 is 0 Å². The number of benzene rings is 2. The van der Waals surface area contributed by atoms with Crippen molar-refractivity contribution in [2.75, 3.05) is 44.2 Å². The van der Waals surface area contributed by atoms with E-state index in [4.69, 9.17) is 0 Å². The van der Waals surface area contributed by atoms with Crippen LogP contribution in [0.2, 0.25) is 0 Å². The number of alkyl halides is 3. The van der Waals surface area contributed by atoms with Gasteiger partial charge in [0.15, 0.2) is 0 Å². The molecule has 7 heteroatoms. The van der Waals surface area contributed by atoms with Crippen molar-refractivity contribution in [2.24, 2.45) is 0 Å². The normalized spacial score (nSPS) is 17.5. The first-order valence-electron chi connectivity index (χ1n) is 9.21. The van der Waals surface area contributed by atoms with E-state index in [-0.39, 0.29) is 0 Å². The molecule has 2 heterocycles. The van der Waals surface area contributed by atoms with E-state index in [1.807, 2.05) is 24.3 Å². The summed E-state index contributed by atoms with van der Waals surface area (Å²) >= 11 is 1.42. The fourth-order valence-electron chi connectivity index (χ4n) is 3.64. The van der Waals surface area contributed by atoms with Gasteiger partial charge in [0.1, 0.15) is 0 Å². The first kappa shape index (κ1) is 18.7. The maximum Gasteiger partial charge on any atom is 0.416 e. The Morgan fingerprint density at radius 3 is 2.44 bits per heavy atom. The van der Waals surface area contributed by atoms with Crippen LogP contribution in [-0.4, -0.2) is 44.2 Å². The van der Waals surface area contributed by atoms with Gasteiger partial charge in [0.05, 0.1) is 16.9 Å². The number of anilines is 2. The third-order valence-corrected chi connectivity index (χ3v) is 6.13. The van der Waals surface area contributed by atoms with Gasteiger partial charge < -0.3 is 15.1 Å². The minimum absolute atomic E-state index is 0.589. The van der Waals surface area contributed by atoms with Gasteiger partial charge in [0.2, 0.25) is 0 Å². The van der Waals surface area contributed by atoms with Crippen LogP contribution in [0, 0.1) is 0 Å². The van der Waals surface area contributed by atoms with E-state index in [0.29, 0.717) is 4.90 Å². The first-order valence-corrected chi connectivity index (χ1v) is 10.0. The molecule has 0 aliphatic carbocycles. The van der Waals surface area contributed by atoms with Gasteiger partial charge >= 0.3 is 6.18 Å². The number of piperazine rings is 1. The lowest BCUT2D eigenvalue weighted by Gasteiger charge is -2.34. The van der Waals surface area contributed by atoms with Crippen LogP contribution in [0.1, 0.15) is 12.0 Å². The molecule has 3 nitrogen and oxygen atoms in total. The molecule has 0 spiro atoms. The summed E-state index contributed by atoms with van der Waals surface area (Å²) in [6.07, 6.45) is -3.35. The zero-order valence-corrected chi connectivity index (χ0v) is 15.7. The molecular weight excluding hydrogens is 371 g/mol. The van der Waals surface area contributed by atoms with E-state index in [2.05, 4.69) is 15.1 Å². The van der Waals surface area contributed by atoms with Crippen molar-refractivity contribution >= 4 is 23.1 Å². The summed E-state index contributed by atoms with van der Waals surface area (Å²) in [5, 5.41) is 3.35. The minimum Gasteiger partial charge on any atom is -0.340 e. The van der Waals surface area contributed by atoms with Crippen LogP contribution < -0.4 is 10.2 Å². The zero-order chi connectivity index (χ0) is 18.9. The highest BCUT2D eigenvalue weighted by atomic mass is 32.2. The molecule has 0 amide bonds. The number of halogens is 3. The van der Waals surface area contributed by atoms with Gasteiger partial charge in [-0.3, -0.25) is 0 Å². The topological polar surface area (TPSA) is 18.5 Å². The van der Waals surface area contributed by atoms with E-state index in [1.54, 1.807) is 6.07 Å². The van der Waals surface area contributed by atoms with Crippen LogP contribution in [0.25, 0.3) is 0 Å². The van der Waals surface area contributed by atoms with Crippen molar-refractivity contribution in [2.45, 2.75) is 22.4 Å². The number of hydrogen-bond acceptors (Lipinski definition) is 4. The Balaban J connectivity index is 1.57. The van der Waals surface area contributed by atoms with E-state index in [1.165, 1.54) is 23.9 Å². The average molecular weight is 393 g/mol. The smallest absolute Gasteiger partial charge is 0.340 e. The van der Waals surface area contributed by atoms with Crippen LogP contribution in [0.3, 0.4) is 0 Å². The van der Waals surface area contributed by atoms with Crippen molar-refractivity contribution < 1.29 is 13.2 Å². The predicted molar refractivity (Wildman–Crippen MR) is 103 cm³/mol. The fourth-order valence-corrected chi connectivity index (χ4v) is 4.77. The highest BCUT2D eigenvalue weighted by Gasteiger charge is 2.33. The molecule has 2 aliphatic rings. The van der Waals surface area contributed by atoms with Gasteiger partial charge in [0, 0.05) is 42.5 Å². The molecule has 1 N–H and O–H groups in total. The second kappa shape index (κ2) is 7.73. The second-order valence-corrected chi connectivity index (χ2v) is 7.93. The van der Waals surface area contributed by atoms with Crippen LogP contribution >= 0.6 is 11.8 Å². The summed E-state index contributed by atoms with van der Waals surface area (Å²) in [5.74, 6) is 0. The molecule has 1 fully saturated rings. The molecule has 0 aromatic heterocycles. The molecular formula is C20H22F3N3S. The van der Waals surface area contributed by atoms with Crippen LogP contribution in [-0.2, 0) is 6.18 Å². The number of hydrogen-bond donors (Lipinski definition) is 1. The molecule has 2 aliphatic heterocycles. The molecule has 0 atom stereocenters. The Hall–Kier alpha value is -1.70. The molecule has 2 aromatic carbocycles. The van der Waals surface area contributed by atoms with E-state index in [0.717, 1.165) is 62.0 Å². The van der Waals surface area contributed by atoms with Gasteiger partial charge in [-0.2, -0.15) is 13.2 Å². The lowest BCUT2D eigenvalue weighted by molar-refractivity contribution is -0.137. The number of nitrogens with one attached hydrogen (secondary N) is 1. The Morgan fingerprint density at radius 1 is 0.926 bits per heavy atom. The van der Waals surface area contributed by atoms with Gasteiger partial charge in [-0.25, -0.2) is 0 Å². The summed E-state index contributed by atoms with van der Waals surface area (Å²) in [5.41, 5.74) is 1.36. The maximum absolute atomic E-state index is 13.1. The molecule has 27 heavy (non-hydrogen) atoms. The summed E-state index contributed by atoms with van der Waals surface area (Å²) in [6.45, 7) is 5.94. The van der Waals surface area contributed by atoms with Crippen molar-refractivity contribution in [1.82, 2.24) is 10.2 Å². The van der Waals surface area contributed by atoms with Gasteiger partial charge in [-0.15, -0.1) is 0 Å². The third kappa shape index (κ3) is 4.10. The number of fused-ring (bicyclic) bond motifs is 2. The van der Waals surface area contributed by atoms with Gasteiger partial charge in [-0.05, 0) is 43.3 Å². The third-order valence-electron chi connectivity index (χ3n) is 5.02. The van der Waals surface area contributed by atoms with E-state index < -0.39 is 11.7 Å². The monoisotopic (exact) mass is 393 g/mol. The summed E-state index contributed by atoms with van der Waals surface area (Å²) in [4.78, 5) is 6.29. The first-order chi connectivity index (χ1) is 13.0. The maximum atomic E-state index is 13.1. The standard InChI is InChI=1S/C20H22F3N3S/c21-20(22,23)15-6-7-17-19(14-15)27-18-5-2-1-4-16(18)26(17)11-3-10-25-12-8-24-9-13-25/h1-2,4-7,14,24H,3,8-13H2. The van der Waals surface area contributed by atoms with Crippen LogP contribution in [0.4, 0.5) is 24.5 Å². The van der Waals surface area contributed by atoms with Crippen molar-refractivity contribution in [3.8, 4) is 0 Å². The van der Waals surface area contributed by atoms with Gasteiger partial charge in [-0.1, -0.05) is 23.9 Å². The average Bonchev–Trinajstić information content (AvgIpc) is 2.67. The van der Waals surface area contributed by atoms with Crippen molar-refractivity contribution in [3.05, 3.63) is 48.0 Å². The largest absolute Gasteiger partial charge is 0.416 e. The zero-order valence-electron chi connectivity index (χ0n) is 14.9. The molecule has 0 bridgehead atoms. The van der Waals surface area contributed by atoms with Gasteiger partial charge in [0.25, 0.3) is 0 Å². The highest BCUT2D eigenvalue weighted by molar-refractivity contribution is 7.99. The second-order valence-electron chi connectivity index (χ2n) is 6.85. The number of nitrogens with zero attached hydrogens (tertiary/aromatic N) is 2. The molecule has 144 valence electrons. The quantitative estimate of drug-likeness (QED) is 0.818. The molecule has 0 saturated carbocycles. The molecule has 0 radical (unpaired) electrons. The molecule has 1 saturated heterocycles. The van der Waals surface area contributed by atoms with Crippen LogP contribution in [0.15, 0.2) is 52.3 Å². The Labute approximate surface area is 161 Å². The molecule has 0 unspecified atom stereocenters. The highest BCUT2D eigenvalue weighted by Crippen LogP contribution is 2.49. The summed E-state index contributed by atoms with van der Waals surface area (Å²) in [7, 11) is 0. The Kier molecular flexibility index (Phi) is 5.34. The number of rotatable bonds is 4.